The van der Waals surface area contributed by atoms with E-state index in [1.807, 2.05) is 6.92 Å². The van der Waals surface area contributed by atoms with Crippen molar-refractivity contribution in [1.29, 1.82) is 0 Å². The van der Waals surface area contributed by atoms with E-state index in [4.69, 9.17) is 4.74 Å². The lowest BCUT2D eigenvalue weighted by Crippen LogP contribution is -2.29. The summed E-state index contributed by atoms with van der Waals surface area (Å²) < 4.78 is 20.8. The highest BCUT2D eigenvalue weighted by molar-refractivity contribution is 5.82. The zero-order valence-electron chi connectivity index (χ0n) is 16.9. The number of tetrazole rings is 1. The lowest BCUT2D eigenvalue weighted by atomic mass is 10.1. The minimum Gasteiger partial charge on any atom is -0.387 e. The molecule has 0 radical (unpaired) electrons. The number of halogens is 1. The first-order chi connectivity index (χ1) is 15.5. The van der Waals surface area contributed by atoms with Crippen molar-refractivity contribution in [3.8, 4) is 0 Å². The fraction of sp³-hybridized carbons (Fsp3) is 0.368. The molecule has 13 heteroatoms. The Morgan fingerprint density at radius 3 is 2.84 bits per heavy atom. The first-order valence-corrected chi connectivity index (χ1v) is 10.00. The molecule has 0 spiro atoms. The Morgan fingerprint density at radius 2 is 2.06 bits per heavy atom. The molecule has 3 N–H and O–H groups in total. The topological polar surface area (TPSA) is 149 Å². The first-order valence-electron chi connectivity index (χ1n) is 10.00. The molecular formula is C19H20FN9O3. The van der Waals surface area contributed by atoms with Crippen LogP contribution in [0.2, 0.25) is 0 Å². The van der Waals surface area contributed by atoms with Gasteiger partial charge in [0.1, 0.15) is 24.4 Å². The molecule has 166 valence electrons. The van der Waals surface area contributed by atoms with Crippen molar-refractivity contribution in [3.63, 3.8) is 0 Å². The number of hydrogen-bond donors (Lipinski definition) is 3. The maximum Gasteiger partial charge on any atom is 0.206 e. The summed E-state index contributed by atoms with van der Waals surface area (Å²) in [5.74, 6) is 0.294. The van der Waals surface area contributed by atoms with Crippen LogP contribution in [-0.2, 0) is 17.8 Å². The molecule has 0 unspecified atom stereocenters. The number of aromatic nitrogens is 8. The van der Waals surface area contributed by atoms with Gasteiger partial charge in [0.05, 0.1) is 12.9 Å². The molecule has 3 aromatic heterocycles. The Kier molecular flexibility index (Phi) is 5.20. The molecular weight excluding hydrogens is 421 g/mol. The van der Waals surface area contributed by atoms with Gasteiger partial charge in [-0.25, -0.2) is 19.3 Å². The number of fused-ring (bicyclic) bond motifs is 1. The van der Waals surface area contributed by atoms with Crippen molar-refractivity contribution in [3.05, 3.63) is 54.1 Å². The number of nitrogens with zero attached hydrogens (tertiary/aromatic N) is 8. The van der Waals surface area contributed by atoms with Crippen molar-refractivity contribution in [2.45, 2.75) is 44.6 Å². The number of ether oxygens (including phenoxy) is 1. The van der Waals surface area contributed by atoms with Gasteiger partial charge in [-0.15, -0.1) is 10.2 Å². The average Bonchev–Trinajstić information content (AvgIpc) is 3.51. The Morgan fingerprint density at radius 1 is 1.19 bits per heavy atom. The number of nitrogens with one attached hydrogen (secondary N) is 1. The molecule has 4 aromatic rings. The van der Waals surface area contributed by atoms with Crippen LogP contribution in [0.1, 0.15) is 30.6 Å². The standard InChI is InChI=1S/C19H20FN9O3/c1-2-29-26-17(25-27-29)15-13(30)14(31)19(32-15)28-9-24-12-16(22-8-23-18(12)28)21-7-10-4-3-5-11(20)6-10/h3-6,8-9,13-15,19,30-31H,2,7H2,1H3,(H,21,22,23)/t13-,14+,15-,19+/m0/s1. The van der Waals surface area contributed by atoms with Gasteiger partial charge in [-0.1, -0.05) is 12.1 Å². The highest BCUT2D eigenvalue weighted by Gasteiger charge is 2.47. The van der Waals surface area contributed by atoms with E-state index in [0.717, 1.165) is 5.56 Å². The molecule has 0 aliphatic carbocycles. The molecule has 1 fully saturated rings. The van der Waals surface area contributed by atoms with E-state index in [0.29, 0.717) is 30.1 Å². The number of anilines is 1. The Balaban J connectivity index is 1.40. The Hall–Kier alpha value is -3.55. The molecule has 32 heavy (non-hydrogen) atoms. The zero-order chi connectivity index (χ0) is 22.2. The molecule has 1 aliphatic rings. The summed E-state index contributed by atoms with van der Waals surface area (Å²) >= 11 is 0. The lowest BCUT2D eigenvalue weighted by molar-refractivity contribution is -0.0384. The fourth-order valence-corrected chi connectivity index (χ4v) is 3.61. The van der Waals surface area contributed by atoms with Gasteiger partial charge in [0.2, 0.25) is 5.82 Å². The van der Waals surface area contributed by atoms with Gasteiger partial charge in [0.15, 0.2) is 29.3 Å². The van der Waals surface area contributed by atoms with Gasteiger partial charge in [0.25, 0.3) is 0 Å². The molecule has 1 aliphatic heterocycles. The monoisotopic (exact) mass is 441 g/mol. The van der Waals surface area contributed by atoms with Crippen LogP contribution in [0.4, 0.5) is 10.2 Å². The Labute approximate surface area is 180 Å². The summed E-state index contributed by atoms with van der Waals surface area (Å²) in [6, 6.07) is 6.23. The molecule has 0 saturated carbocycles. The summed E-state index contributed by atoms with van der Waals surface area (Å²) in [5.41, 5.74) is 1.57. The number of aryl methyl sites for hydroxylation is 1. The second kappa shape index (κ2) is 8.18. The van der Waals surface area contributed by atoms with Crippen molar-refractivity contribution in [2.24, 2.45) is 0 Å². The van der Waals surface area contributed by atoms with Crippen LogP contribution in [0.25, 0.3) is 11.2 Å². The maximum atomic E-state index is 13.4. The number of benzene rings is 1. The van der Waals surface area contributed by atoms with Crippen LogP contribution >= 0.6 is 0 Å². The van der Waals surface area contributed by atoms with Gasteiger partial charge in [-0.2, -0.15) is 4.80 Å². The highest BCUT2D eigenvalue weighted by atomic mass is 19.1. The predicted molar refractivity (Wildman–Crippen MR) is 107 cm³/mol. The van der Waals surface area contributed by atoms with E-state index >= 15 is 0 Å². The van der Waals surface area contributed by atoms with Gasteiger partial charge in [0, 0.05) is 6.54 Å². The van der Waals surface area contributed by atoms with E-state index in [1.165, 1.54) is 34.2 Å². The number of rotatable bonds is 6. The summed E-state index contributed by atoms with van der Waals surface area (Å²) in [7, 11) is 0. The van der Waals surface area contributed by atoms with Crippen LogP contribution in [0.3, 0.4) is 0 Å². The van der Waals surface area contributed by atoms with Crippen LogP contribution in [-0.4, -0.2) is 62.1 Å². The van der Waals surface area contributed by atoms with E-state index in [2.05, 4.69) is 35.7 Å². The third-order valence-corrected chi connectivity index (χ3v) is 5.23. The largest absolute Gasteiger partial charge is 0.387 e. The van der Waals surface area contributed by atoms with E-state index in [-0.39, 0.29) is 11.6 Å². The SMILES string of the molecule is CCn1nnc([C@H]2O[C@@H](n3cnc4c(NCc5cccc(F)c5)ncnc43)[C@H](O)[C@@H]2O)n1. The van der Waals surface area contributed by atoms with Gasteiger partial charge < -0.3 is 20.3 Å². The summed E-state index contributed by atoms with van der Waals surface area (Å²) in [6.07, 6.45) is -1.67. The van der Waals surface area contributed by atoms with Crippen LogP contribution in [0.5, 0.6) is 0 Å². The molecule has 5 rings (SSSR count). The van der Waals surface area contributed by atoms with Crippen molar-refractivity contribution < 1.29 is 19.3 Å². The second-order valence-corrected chi connectivity index (χ2v) is 7.29. The average molecular weight is 441 g/mol. The molecule has 4 atom stereocenters. The summed E-state index contributed by atoms with van der Waals surface area (Å²) in [6.45, 7) is 2.70. The molecule has 4 heterocycles. The zero-order valence-corrected chi connectivity index (χ0v) is 16.9. The minimum absolute atomic E-state index is 0.178. The normalized spacial score (nSPS) is 23.1. The third-order valence-electron chi connectivity index (χ3n) is 5.23. The van der Waals surface area contributed by atoms with Crippen molar-refractivity contribution in [1.82, 2.24) is 39.7 Å². The number of hydrogen-bond acceptors (Lipinski definition) is 10. The van der Waals surface area contributed by atoms with Crippen LogP contribution in [0.15, 0.2) is 36.9 Å². The predicted octanol–water partition coefficient (Wildman–Crippen LogP) is 0.576. The summed E-state index contributed by atoms with van der Waals surface area (Å²) in [4.78, 5) is 14.2. The van der Waals surface area contributed by atoms with E-state index in [9.17, 15) is 14.6 Å². The quantitative estimate of drug-likeness (QED) is 0.388. The van der Waals surface area contributed by atoms with Gasteiger partial charge in [-0.05, 0) is 29.8 Å². The van der Waals surface area contributed by atoms with E-state index in [1.54, 1.807) is 12.1 Å². The molecule has 1 aromatic carbocycles. The van der Waals surface area contributed by atoms with Gasteiger partial charge in [-0.3, -0.25) is 4.57 Å². The third kappa shape index (κ3) is 3.55. The molecule has 0 bridgehead atoms. The van der Waals surface area contributed by atoms with Gasteiger partial charge >= 0.3 is 0 Å². The first kappa shape index (κ1) is 20.4. The van der Waals surface area contributed by atoms with Crippen LogP contribution in [0, 0.1) is 5.82 Å². The fourth-order valence-electron chi connectivity index (χ4n) is 3.61. The molecule has 12 nitrogen and oxygen atoms in total. The minimum atomic E-state index is -1.27. The van der Waals surface area contributed by atoms with Crippen molar-refractivity contribution >= 4 is 17.0 Å². The summed E-state index contributed by atoms with van der Waals surface area (Å²) in [5, 5.41) is 36.2. The molecule has 1 saturated heterocycles. The van der Waals surface area contributed by atoms with Crippen molar-refractivity contribution in [2.75, 3.05) is 5.32 Å². The Bertz CT molecular complexity index is 1250. The maximum absolute atomic E-state index is 13.4. The smallest absolute Gasteiger partial charge is 0.206 e. The highest BCUT2D eigenvalue weighted by Crippen LogP contribution is 2.38. The lowest BCUT2D eigenvalue weighted by Gasteiger charge is -2.16. The number of aliphatic hydroxyl groups excluding tert-OH is 2. The second-order valence-electron chi connectivity index (χ2n) is 7.29. The van der Waals surface area contributed by atoms with E-state index < -0.39 is 24.5 Å². The number of aliphatic hydroxyl groups is 2. The molecule has 0 amide bonds. The number of imidazole rings is 1. The van der Waals surface area contributed by atoms with Crippen LogP contribution < -0.4 is 5.32 Å².